The van der Waals surface area contributed by atoms with Crippen molar-refractivity contribution in [3.63, 3.8) is 0 Å². The van der Waals surface area contributed by atoms with Crippen molar-refractivity contribution in [2.45, 2.75) is 17.7 Å². The van der Waals surface area contributed by atoms with E-state index in [1.165, 1.54) is 4.90 Å². The summed E-state index contributed by atoms with van der Waals surface area (Å²) in [5.74, 6) is -0.170. The molecular formula is C14H17BrN2O2S. The van der Waals surface area contributed by atoms with Gasteiger partial charge in [0.15, 0.2) is 0 Å². The second-order valence-electron chi connectivity index (χ2n) is 4.91. The predicted molar refractivity (Wildman–Crippen MR) is 84.2 cm³/mol. The Balaban J connectivity index is 2.04. The van der Waals surface area contributed by atoms with E-state index in [2.05, 4.69) is 28.6 Å². The van der Waals surface area contributed by atoms with E-state index < -0.39 is 0 Å². The summed E-state index contributed by atoms with van der Waals surface area (Å²) in [4.78, 5) is 28.4. The molecule has 1 aliphatic heterocycles. The summed E-state index contributed by atoms with van der Waals surface area (Å²) in [6.07, 6.45) is 2.10. The number of thiol groups is 1. The molecule has 0 spiro atoms. The number of rotatable bonds is 3. The van der Waals surface area contributed by atoms with Crippen LogP contribution < -0.4 is 0 Å². The highest BCUT2D eigenvalue weighted by atomic mass is 79.9. The number of hydrogen-bond acceptors (Lipinski definition) is 3. The van der Waals surface area contributed by atoms with Crippen LogP contribution in [-0.4, -0.2) is 48.3 Å². The monoisotopic (exact) mass is 356 g/mol. The van der Waals surface area contributed by atoms with Crippen LogP contribution in [0.1, 0.15) is 23.2 Å². The third kappa shape index (κ3) is 3.55. The Labute approximate surface area is 132 Å². The molecule has 108 valence electrons. The summed E-state index contributed by atoms with van der Waals surface area (Å²) in [5, 5.41) is 0. The Bertz CT molecular complexity index is 530. The summed E-state index contributed by atoms with van der Waals surface area (Å²) < 4.78 is 0.709. The van der Waals surface area contributed by atoms with E-state index in [-0.39, 0.29) is 18.4 Å². The quantitative estimate of drug-likeness (QED) is 0.845. The van der Waals surface area contributed by atoms with Crippen LogP contribution in [0.15, 0.2) is 27.6 Å². The summed E-state index contributed by atoms with van der Waals surface area (Å²) in [6, 6.07) is 5.29. The van der Waals surface area contributed by atoms with Gasteiger partial charge in [-0.25, -0.2) is 0 Å². The third-order valence-electron chi connectivity index (χ3n) is 3.36. The van der Waals surface area contributed by atoms with Gasteiger partial charge in [-0.15, -0.1) is 12.6 Å². The van der Waals surface area contributed by atoms with Gasteiger partial charge in [-0.2, -0.15) is 0 Å². The molecule has 0 unspecified atom stereocenters. The largest absolute Gasteiger partial charge is 0.341 e. The van der Waals surface area contributed by atoms with E-state index in [1.54, 1.807) is 25.2 Å². The molecule has 4 nitrogen and oxygen atoms in total. The zero-order valence-corrected chi connectivity index (χ0v) is 13.8. The summed E-state index contributed by atoms with van der Waals surface area (Å²) in [5.41, 5.74) is 0.522. The lowest BCUT2D eigenvalue weighted by atomic mass is 10.2. The van der Waals surface area contributed by atoms with E-state index in [1.807, 2.05) is 4.90 Å². The molecule has 2 rings (SSSR count). The average Bonchev–Trinajstić information content (AvgIpc) is 2.94. The Kier molecular flexibility index (Phi) is 5.10. The third-order valence-corrected chi connectivity index (χ3v) is 4.33. The molecule has 20 heavy (non-hydrogen) atoms. The van der Waals surface area contributed by atoms with Gasteiger partial charge in [0, 0.05) is 29.5 Å². The molecule has 1 aromatic carbocycles. The first kappa shape index (κ1) is 15.4. The summed E-state index contributed by atoms with van der Waals surface area (Å²) in [6.45, 7) is 1.72. The minimum absolute atomic E-state index is 0.0106. The average molecular weight is 357 g/mol. The van der Waals surface area contributed by atoms with Gasteiger partial charge >= 0.3 is 0 Å². The molecule has 0 atom stereocenters. The van der Waals surface area contributed by atoms with E-state index >= 15 is 0 Å². The van der Waals surface area contributed by atoms with Crippen LogP contribution in [0.3, 0.4) is 0 Å². The summed E-state index contributed by atoms with van der Waals surface area (Å²) >= 11 is 7.59. The normalized spacial score (nSPS) is 14.4. The minimum Gasteiger partial charge on any atom is -0.341 e. The highest BCUT2D eigenvalue weighted by Gasteiger charge is 2.22. The lowest BCUT2D eigenvalue weighted by Crippen LogP contribution is -2.39. The number of halogens is 1. The highest BCUT2D eigenvalue weighted by molar-refractivity contribution is 9.10. The van der Waals surface area contributed by atoms with Gasteiger partial charge in [-0.1, -0.05) is 0 Å². The van der Waals surface area contributed by atoms with E-state index in [0.717, 1.165) is 30.8 Å². The lowest BCUT2D eigenvalue weighted by Gasteiger charge is -2.21. The van der Waals surface area contributed by atoms with Gasteiger partial charge < -0.3 is 9.80 Å². The zero-order chi connectivity index (χ0) is 14.7. The van der Waals surface area contributed by atoms with Gasteiger partial charge in [0.2, 0.25) is 5.91 Å². The first-order chi connectivity index (χ1) is 9.49. The maximum Gasteiger partial charge on any atom is 0.255 e. The first-order valence-corrected chi connectivity index (χ1v) is 7.75. The first-order valence-electron chi connectivity index (χ1n) is 6.51. The van der Waals surface area contributed by atoms with Gasteiger partial charge in [-0.3, -0.25) is 9.59 Å². The minimum atomic E-state index is -0.180. The van der Waals surface area contributed by atoms with Gasteiger partial charge in [0.25, 0.3) is 5.91 Å². The smallest absolute Gasteiger partial charge is 0.255 e. The zero-order valence-electron chi connectivity index (χ0n) is 11.3. The van der Waals surface area contributed by atoms with Crippen molar-refractivity contribution >= 4 is 40.4 Å². The molecule has 1 saturated heterocycles. The van der Waals surface area contributed by atoms with Crippen LogP contribution >= 0.6 is 28.6 Å². The number of likely N-dealkylation sites (tertiary alicyclic amines) is 1. The standard InChI is InChI=1S/C14H17BrN2O2S/c1-16(9-13(18)17-6-2-3-7-17)14(19)11-8-10(20)4-5-12(11)15/h4-5,8,20H,2-3,6-7,9H2,1H3. The lowest BCUT2D eigenvalue weighted by molar-refractivity contribution is -0.130. The van der Waals surface area contributed by atoms with E-state index in [9.17, 15) is 9.59 Å². The number of carbonyl (C=O) groups is 2. The Hall–Kier alpha value is -1.01. The van der Waals surface area contributed by atoms with E-state index in [0.29, 0.717) is 10.0 Å². The molecule has 0 radical (unpaired) electrons. The van der Waals surface area contributed by atoms with Crippen molar-refractivity contribution in [2.75, 3.05) is 26.7 Å². The van der Waals surface area contributed by atoms with Crippen LogP contribution in [-0.2, 0) is 4.79 Å². The maximum absolute atomic E-state index is 12.4. The Morgan fingerprint density at radius 2 is 2.00 bits per heavy atom. The second-order valence-corrected chi connectivity index (χ2v) is 6.28. The number of likely N-dealkylation sites (N-methyl/N-ethyl adjacent to an activating group) is 1. The molecule has 6 heteroatoms. The van der Waals surface area contributed by atoms with Gasteiger partial charge in [0.1, 0.15) is 0 Å². The number of benzene rings is 1. The maximum atomic E-state index is 12.4. The molecule has 0 saturated carbocycles. The van der Waals surface area contributed by atoms with Crippen molar-refractivity contribution in [2.24, 2.45) is 0 Å². The second kappa shape index (κ2) is 6.63. The fraction of sp³-hybridized carbons (Fsp3) is 0.429. The summed E-state index contributed by atoms with van der Waals surface area (Å²) in [7, 11) is 1.65. The molecule has 1 fully saturated rings. The SMILES string of the molecule is CN(CC(=O)N1CCCC1)C(=O)c1cc(S)ccc1Br. The molecule has 1 heterocycles. The molecule has 0 bridgehead atoms. The molecule has 0 N–H and O–H groups in total. The van der Waals surface area contributed by atoms with Crippen molar-refractivity contribution in [3.8, 4) is 0 Å². The van der Waals surface area contributed by atoms with Crippen molar-refractivity contribution in [3.05, 3.63) is 28.2 Å². The van der Waals surface area contributed by atoms with Crippen molar-refractivity contribution < 1.29 is 9.59 Å². The van der Waals surface area contributed by atoms with Gasteiger partial charge in [0.05, 0.1) is 12.1 Å². The topological polar surface area (TPSA) is 40.6 Å². The molecule has 1 aromatic rings. The fourth-order valence-electron chi connectivity index (χ4n) is 2.22. The predicted octanol–water partition coefficient (Wildman–Crippen LogP) is 2.43. The Morgan fingerprint density at radius 3 is 2.65 bits per heavy atom. The van der Waals surface area contributed by atoms with Crippen LogP contribution in [0.5, 0.6) is 0 Å². The van der Waals surface area contributed by atoms with Crippen molar-refractivity contribution in [1.29, 1.82) is 0 Å². The number of amides is 2. The highest BCUT2D eigenvalue weighted by Crippen LogP contribution is 2.21. The molecule has 1 aliphatic rings. The number of nitrogens with zero attached hydrogens (tertiary/aromatic N) is 2. The van der Waals surface area contributed by atoms with Gasteiger partial charge in [-0.05, 0) is 47.0 Å². The van der Waals surface area contributed by atoms with Crippen molar-refractivity contribution in [1.82, 2.24) is 9.80 Å². The van der Waals surface area contributed by atoms with E-state index in [4.69, 9.17) is 0 Å². The molecule has 0 aromatic heterocycles. The molecular weight excluding hydrogens is 340 g/mol. The van der Waals surface area contributed by atoms with Crippen LogP contribution in [0, 0.1) is 0 Å². The molecule has 0 aliphatic carbocycles. The van der Waals surface area contributed by atoms with Crippen LogP contribution in [0.4, 0.5) is 0 Å². The Morgan fingerprint density at radius 1 is 1.35 bits per heavy atom. The van der Waals surface area contributed by atoms with Crippen LogP contribution in [0.2, 0.25) is 0 Å². The number of hydrogen-bond donors (Lipinski definition) is 1. The molecule has 2 amide bonds. The van der Waals surface area contributed by atoms with Crippen LogP contribution in [0.25, 0.3) is 0 Å². The fourth-order valence-corrected chi connectivity index (χ4v) is 2.84. The number of carbonyl (C=O) groups excluding carboxylic acids is 2.